The minimum atomic E-state index is 0.952. The molecule has 0 heterocycles. The molecule has 0 aromatic carbocycles. The molecule has 0 saturated carbocycles. The van der Waals surface area contributed by atoms with E-state index in [1.165, 1.54) is 0 Å². The first-order valence-corrected chi connectivity index (χ1v) is 5.68. The van der Waals surface area contributed by atoms with E-state index in [0.717, 1.165) is 31.1 Å². The summed E-state index contributed by atoms with van der Waals surface area (Å²) in [6.45, 7) is 10.3. The molecule has 80 valence electrons. The zero-order valence-electron chi connectivity index (χ0n) is 9.67. The number of nitrogens with zero attached hydrogens (tertiary/aromatic N) is 2. The standard InChI is InChI=1S/C8H18N2S.C2H6/c1-4-10(6-5-7-11)8(2)9-3;1-2/h11H,4-7H2,1-3H3;1-2H3. The Balaban J connectivity index is 0. The summed E-state index contributed by atoms with van der Waals surface area (Å²) in [7, 11) is 1.83. The third-order valence-corrected chi connectivity index (χ3v) is 2.07. The largest absolute Gasteiger partial charge is 0.361 e. The van der Waals surface area contributed by atoms with Gasteiger partial charge in [0.2, 0.25) is 0 Å². The summed E-state index contributed by atoms with van der Waals surface area (Å²) in [6.07, 6.45) is 1.13. The van der Waals surface area contributed by atoms with Gasteiger partial charge in [-0.1, -0.05) is 13.8 Å². The summed E-state index contributed by atoms with van der Waals surface area (Å²) < 4.78 is 0. The normalized spacial score (nSPS) is 10.5. The van der Waals surface area contributed by atoms with Crippen LogP contribution < -0.4 is 0 Å². The smallest absolute Gasteiger partial charge is 0.0953 e. The van der Waals surface area contributed by atoms with Gasteiger partial charge in [0.15, 0.2) is 0 Å². The van der Waals surface area contributed by atoms with Crippen molar-refractivity contribution in [2.24, 2.45) is 4.99 Å². The third-order valence-electron chi connectivity index (χ3n) is 1.75. The fourth-order valence-electron chi connectivity index (χ4n) is 0.952. The van der Waals surface area contributed by atoms with E-state index in [-0.39, 0.29) is 0 Å². The minimum absolute atomic E-state index is 0.952. The van der Waals surface area contributed by atoms with Gasteiger partial charge in [-0.3, -0.25) is 4.99 Å². The molecule has 0 N–H and O–H groups in total. The van der Waals surface area contributed by atoms with Crippen molar-refractivity contribution in [2.45, 2.75) is 34.1 Å². The topological polar surface area (TPSA) is 15.6 Å². The summed E-state index contributed by atoms with van der Waals surface area (Å²) in [5, 5.41) is 0. The molecule has 0 aliphatic carbocycles. The van der Waals surface area contributed by atoms with E-state index in [1.54, 1.807) is 0 Å². The fourth-order valence-corrected chi connectivity index (χ4v) is 1.09. The van der Waals surface area contributed by atoms with Crippen molar-refractivity contribution in [3.05, 3.63) is 0 Å². The van der Waals surface area contributed by atoms with Crippen molar-refractivity contribution < 1.29 is 0 Å². The number of aliphatic imine (C=N–C) groups is 1. The lowest BCUT2D eigenvalue weighted by Gasteiger charge is -2.21. The molecular formula is C10H24N2S. The van der Waals surface area contributed by atoms with Crippen LogP contribution in [0.25, 0.3) is 0 Å². The molecule has 0 spiro atoms. The first-order chi connectivity index (χ1) is 6.26. The highest BCUT2D eigenvalue weighted by Gasteiger charge is 2.00. The molecule has 0 atom stereocenters. The predicted molar refractivity (Wildman–Crippen MR) is 66.1 cm³/mol. The molecule has 0 saturated heterocycles. The zero-order chi connectivity index (χ0) is 10.7. The first kappa shape index (κ1) is 15.3. The fraction of sp³-hybridized carbons (Fsp3) is 0.900. The molecule has 0 fully saturated rings. The maximum absolute atomic E-state index is 4.17. The van der Waals surface area contributed by atoms with Gasteiger partial charge in [-0.2, -0.15) is 12.6 Å². The van der Waals surface area contributed by atoms with E-state index in [4.69, 9.17) is 0 Å². The van der Waals surface area contributed by atoms with Crippen molar-refractivity contribution in [1.82, 2.24) is 4.90 Å². The molecule has 0 aliphatic rings. The van der Waals surface area contributed by atoms with E-state index in [2.05, 4.69) is 29.4 Å². The van der Waals surface area contributed by atoms with Gasteiger partial charge in [-0.05, 0) is 26.0 Å². The average Bonchev–Trinajstić information content (AvgIpc) is 2.21. The number of hydrogen-bond donors (Lipinski definition) is 1. The lowest BCUT2D eigenvalue weighted by Crippen LogP contribution is -2.29. The number of amidine groups is 1. The Labute approximate surface area is 88.8 Å². The van der Waals surface area contributed by atoms with Crippen molar-refractivity contribution in [1.29, 1.82) is 0 Å². The lowest BCUT2D eigenvalue weighted by molar-refractivity contribution is 0.438. The molecular weight excluding hydrogens is 180 g/mol. The maximum Gasteiger partial charge on any atom is 0.0953 e. The van der Waals surface area contributed by atoms with Gasteiger partial charge in [0.1, 0.15) is 0 Å². The van der Waals surface area contributed by atoms with Crippen LogP contribution in [0.15, 0.2) is 4.99 Å². The van der Waals surface area contributed by atoms with Crippen LogP contribution in [-0.4, -0.2) is 36.6 Å². The Hall–Kier alpha value is -0.180. The van der Waals surface area contributed by atoms with E-state index in [9.17, 15) is 0 Å². The Morgan fingerprint density at radius 2 is 1.92 bits per heavy atom. The zero-order valence-corrected chi connectivity index (χ0v) is 10.6. The second-order valence-corrected chi connectivity index (χ2v) is 2.87. The Morgan fingerprint density at radius 3 is 2.23 bits per heavy atom. The highest BCUT2D eigenvalue weighted by molar-refractivity contribution is 7.80. The van der Waals surface area contributed by atoms with Crippen molar-refractivity contribution in [3.8, 4) is 0 Å². The molecule has 0 amide bonds. The number of thiol groups is 1. The van der Waals surface area contributed by atoms with E-state index < -0.39 is 0 Å². The van der Waals surface area contributed by atoms with Crippen LogP contribution in [0.4, 0.5) is 0 Å². The molecule has 0 aromatic heterocycles. The summed E-state index contributed by atoms with van der Waals surface area (Å²) in [5.41, 5.74) is 0. The summed E-state index contributed by atoms with van der Waals surface area (Å²) in [5.74, 6) is 2.07. The minimum Gasteiger partial charge on any atom is -0.361 e. The highest BCUT2D eigenvalue weighted by atomic mass is 32.1. The molecule has 0 rings (SSSR count). The summed E-state index contributed by atoms with van der Waals surface area (Å²) >= 11 is 4.17. The molecule has 0 bridgehead atoms. The van der Waals surface area contributed by atoms with Gasteiger partial charge in [0.05, 0.1) is 5.84 Å². The maximum atomic E-state index is 4.17. The predicted octanol–water partition coefficient (Wildman–Crippen LogP) is 2.70. The summed E-state index contributed by atoms with van der Waals surface area (Å²) in [4.78, 5) is 6.39. The lowest BCUT2D eigenvalue weighted by atomic mass is 10.4. The highest BCUT2D eigenvalue weighted by Crippen LogP contribution is 1.94. The van der Waals surface area contributed by atoms with Crippen LogP contribution in [0.5, 0.6) is 0 Å². The van der Waals surface area contributed by atoms with Crippen LogP contribution in [-0.2, 0) is 0 Å². The molecule has 0 aromatic rings. The molecule has 3 heteroatoms. The molecule has 0 unspecified atom stereocenters. The van der Waals surface area contributed by atoms with E-state index in [1.807, 2.05) is 27.8 Å². The first-order valence-electron chi connectivity index (χ1n) is 5.05. The SMILES string of the molecule is CC.CCN(CCCS)C(C)=NC. The van der Waals surface area contributed by atoms with Gasteiger partial charge in [-0.25, -0.2) is 0 Å². The van der Waals surface area contributed by atoms with Gasteiger partial charge >= 0.3 is 0 Å². The monoisotopic (exact) mass is 204 g/mol. The molecule has 0 aliphatic heterocycles. The second-order valence-electron chi connectivity index (χ2n) is 2.43. The van der Waals surface area contributed by atoms with Gasteiger partial charge in [-0.15, -0.1) is 0 Å². The van der Waals surface area contributed by atoms with Gasteiger partial charge < -0.3 is 4.90 Å². The number of rotatable bonds is 4. The molecule has 13 heavy (non-hydrogen) atoms. The van der Waals surface area contributed by atoms with Crippen molar-refractivity contribution in [2.75, 3.05) is 25.9 Å². The summed E-state index contributed by atoms with van der Waals surface area (Å²) in [6, 6.07) is 0. The second kappa shape index (κ2) is 11.8. The van der Waals surface area contributed by atoms with Crippen LogP contribution in [0.3, 0.4) is 0 Å². The van der Waals surface area contributed by atoms with Crippen LogP contribution in [0.2, 0.25) is 0 Å². The van der Waals surface area contributed by atoms with Crippen molar-refractivity contribution in [3.63, 3.8) is 0 Å². The Kier molecular flexibility index (Phi) is 13.9. The molecule has 2 nitrogen and oxygen atoms in total. The Bertz CT molecular complexity index is 124. The van der Waals surface area contributed by atoms with Crippen molar-refractivity contribution >= 4 is 18.5 Å². The van der Waals surface area contributed by atoms with Crippen LogP contribution >= 0.6 is 12.6 Å². The quantitative estimate of drug-likeness (QED) is 0.423. The van der Waals surface area contributed by atoms with Gasteiger partial charge in [0.25, 0.3) is 0 Å². The average molecular weight is 204 g/mol. The van der Waals surface area contributed by atoms with Crippen LogP contribution in [0, 0.1) is 0 Å². The Morgan fingerprint density at radius 1 is 1.38 bits per heavy atom. The molecule has 0 radical (unpaired) electrons. The number of hydrogen-bond acceptors (Lipinski definition) is 2. The van der Waals surface area contributed by atoms with Gasteiger partial charge in [0, 0.05) is 20.1 Å². The van der Waals surface area contributed by atoms with Crippen LogP contribution in [0.1, 0.15) is 34.1 Å². The third kappa shape index (κ3) is 8.16. The van der Waals surface area contributed by atoms with E-state index >= 15 is 0 Å². The van der Waals surface area contributed by atoms with E-state index in [0.29, 0.717) is 0 Å².